The van der Waals surface area contributed by atoms with Crippen molar-refractivity contribution in [1.29, 1.82) is 0 Å². The largest absolute Gasteiger partial charge is 0.501 e. The number of nitrogens with zero attached hydrogens (tertiary/aromatic N) is 5. The molecule has 3 saturated heterocycles. The van der Waals surface area contributed by atoms with Crippen LogP contribution in [0.1, 0.15) is 128 Å². The maximum atomic E-state index is 14.5. The third kappa shape index (κ3) is 17.0. The van der Waals surface area contributed by atoms with E-state index in [1.54, 1.807) is 30.3 Å². The number of unbranched alkanes of at least 4 members (excludes halogenated alkanes) is 4. The highest BCUT2D eigenvalue weighted by molar-refractivity contribution is 7.99. The van der Waals surface area contributed by atoms with Crippen LogP contribution in [0.25, 0.3) is 5.57 Å². The van der Waals surface area contributed by atoms with Gasteiger partial charge in [0, 0.05) is 123 Å². The molecule has 6 amide bonds. The normalized spacial score (nSPS) is 18.7. The molecule has 4 heterocycles. The van der Waals surface area contributed by atoms with Gasteiger partial charge in [-0.2, -0.15) is 13.2 Å². The van der Waals surface area contributed by atoms with Crippen molar-refractivity contribution in [1.82, 2.24) is 29.6 Å². The molecule has 5 aromatic carbocycles. The fraction of sp³-hybridized carbons (Fsp3) is 0.441. The van der Waals surface area contributed by atoms with Crippen LogP contribution in [0.4, 0.5) is 30.2 Å². The summed E-state index contributed by atoms with van der Waals surface area (Å²) in [5, 5.41) is 9.18. The number of amides is 6. The van der Waals surface area contributed by atoms with Gasteiger partial charge < -0.3 is 20.4 Å². The van der Waals surface area contributed by atoms with Crippen molar-refractivity contribution >= 4 is 101 Å². The van der Waals surface area contributed by atoms with E-state index in [0.717, 1.165) is 92.2 Å². The third-order valence-corrected chi connectivity index (χ3v) is 22.4. The average molecular weight is 1370 g/mol. The summed E-state index contributed by atoms with van der Waals surface area (Å²) in [6.45, 7) is 11.4. The Hall–Kier alpha value is -7.29. The van der Waals surface area contributed by atoms with Crippen LogP contribution in [-0.4, -0.2) is 167 Å². The van der Waals surface area contributed by atoms with Gasteiger partial charge in [-0.1, -0.05) is 86.7 Å². The molecule has 0 saturated carbocycles. The van der Waals surface area contributed by atoms with E-state index in [9.17, 15) is 58.8 Å². The lowest BCUT2D eigenvalue weighted by Gasteiger charge is -2.39. The van der Waals surface area contributed by atoms with E-state index in [-0.39, 0.29) is 46.6 Å². The van der Waals surface area contributed by atoms with Gasteiger partial charge in [0.1, 0.15) is 10.9 Å². The highest BCUT2D eigenvalue weighted by atomic mass is 35.5. The second-order valence-electron chi connectivity index (χ2n) is 25.4. The highest BCUT2D eigenvalue weighted by Crippen LogP contribution is 2.43. The molecule has 0 radical (unpaired) electrons. The molecule has 502 valence electrons. The number of imide groups is 2. The monoisotopic (exact) mass is 1370 g/mol. The quantitative estimate of drug-likeness (QED) is 0.0229. The molecule has 10 rings (SSSR count). The van der Waals surface area contributed by atoms with Gasteiger partial charge in [0.2, 0.25) is 17.7 Å². The van der Waals surface area contributed by atoms with Crippen molar-refractivity contribution in [2.75, 3.05) is 93.3 Å². The molecule has 5 aromatic rings. The number of carbonyl (C=O) groups excluding carboxylic acids is 6. The van der Waals surface area contributed by atoms with Gasteiger partial charge in [0.05, 0.1) is 21.7 Å². The van der Waals surface area contributed by atoms with Gasteiger partial charge in [-0.3, -0.25) is 48.8 Å². The Morgan fingerprint density at radius 1 is 0.755 bits per heavy atom. The fourth-order valence-electron chi connectivity index (χ4n) is 12.9. The molecule has 1 aliphatic carbocycles. The van der Waals surface area contributed by atoms with Crippen molar-refractivity contribution in [3.63, 3.8) is 0 Å². The number of carbonyl (C=O) groups is 6. The van der Waals surface area contributed by atoms with Crippen molar-refractivity contribution in [3.05, 3.63) is 148 Å². The van der Waals surface area contributed by atoms with E-state index in [4.69, 9.17) is 11.6 Å². The van der Waals surface area contributed by atoms with Crippen molar-refractivity contribution in [2.45, 2.75) is 123 Å². The van der Waals surface area contributed by atoms with E-state index in [1.165, 1.54) is 40.6 Å². The topological polar surface area (TPSA) is 235 Å². The Morgan fingerprint density at radius 3 is 2.15 bits per heavy atom. The molecule has 4 N–H and O–H groups in total. The summed E-state index contributed by atoms with van der Waals surface area (Å²) >= 11 is 7.62. The zero-order valence-corrected chi connectivity index (χ0v) is 55.9. The number of piperidine rings is 1. The first-order valence-corrected chi connectivity index (χ1v) is 36.3. The molecule has 1 unspecified atom stereocenters. The number of hydrogen-bond donors (Lipinski definition) is 4. The number of nitrogens with one attached hydrogen (secondary N) is 4. The van der Waals surface area contributed by atoms with E-state index in [1.807, 2.05) is 52.1 Å². The first kappa shape index (κ1) is 69.5. The summed E-state index contributed by atoms with van der Waals surface area (Å²) < 4.78 is 99.9. The lowest BCUT2D eigenvalue weighted by molar-refractivity contribution is -0.136. The first-order valence-electron chi connectivity index (χ1n) is 31.9. The van der Waals surface area contributed by atoms with Crippen LogP contribution in [0.5, 0.6) is 0 Å². The molecule has 2 atom stereocenters. The minimum atomic E-state index is -6.16. The Balaban J connectivity index is 0.695. The predicted molar refractivity (Wildman–Crippen MR) is 357 cm³/mol. The Bertz CT molecular complexity index is 3880. The summed E-state index contributed by atoms with van der Waals surface area (Å²) in [6.07, 6.45) is 7.86. The van der Waals surface area contributed by atoms with Crippen LogP contribution in [0.2, 0.25) is 5.02 Å². The fourth-order valence-corrected chi connectivity index (χ4v) is 16.0. The predicted octanol–water partition coefficient (Wildman–Crippen LogP) is 10.5. The number of piperazine rings is 2. The van der Waals surface area contributed by atoms with E-state index in [2.05, 4.69) is 56.6 Å². The number of alkyl halides is 3. The van der Waals surface area contributed by atoms with Gasteiger partial charge in [0.15, 0.2) is 0 Å². The minimum Gasteiger partial charge on any atom is -0.384 e. The number of hydrogen-bond acceptors (Lipinski definition) is 16. The lowest BCUT2D eigenvalue weighted by Crippen LogP contribution is -2.54. The number of halogens is 4. The molecule has 3 fully saturated rings. The minimum absolute atomic E-state index is 0.0273. The Morgan fingerprint density at radius 2 is 1.45 bits per heavy atom. The van der Waals surface area contributed by atoms with Gasteiger partial charge in [0.25, 0.3) is 37.6 Å². The Labute approximate surface area is 556 Å². The molecule has 0 aromatic heterocycles. The molecule has 0 spiro atoms. The maximum absolute atomic E-state index is 14.5. The second kappa shape index (κ2) is 30.2. The average Bonchev–Trinajstić information content (AvgIpc) is 1.67. The van der Waals surface area contributed by atoms with Gasteiger partial charge in [-0.15, -0.1) is 11.8 Å². The maximum Gasteiger partial charge on any atom is 0.501 e. The molecular formula is C68H79ClF3N9O10S3. The van der Waals surface area contributed by atoms with Crippen molar-refractivity contribution in [2.24, 2.45) is 5.41 Å². The number of anilines is 3. The molecular weight excluding hydrogens is 1290 g/mol. The number of benzene rings is 5. The number of fused-ring (bicyclic) bond motifs is 1. The SMILES string of the molecule is CC1(C)CCC(c2ccc(Cl)cc2)=C(CN2CCN(c3ccc(C(=O)NS(=O)(=O)c4ccc(N[C@H](CCN5CCN(C(=O)CCCCCCCNc6cccc7c6C(=O)N(C6CCC(=O)NC6=O)C7=O)CC5)CSc5ccccc5)c(S(=O)(=O)C(F)(F)F)c4)cc3)CC2)C1. The molecule has 94 heavy (non-hydrogen) atoms. The molecule has 0 bridgehead atoms. The number of allylic oxidation sites excluding steroid dienone is 1. The summed E-state index contributed by atoms with van der Waals surface area (Å²) in [4.78, 5) is 85.9. The second-order valence-corrected chi connectivity index (χ2v) is 30.5. The van der Waals surface area contributed by atoms with E-state index >= 15 is 0 Å². The van der Waals surface area contributed by atoms with E-state index in [0.29, 0.717) is 88.4 Å². The Kier molecular flexibility index (Phi) is 22.3. The number of rotatable bonds is 26. The number of sulfonamides is 1. The number of sulfone groups is 1. The van der Waals surface area contributed by atoms with Crippen LogP contribution in [0.15, 0.2) is 136 Å². The van der Waals surface area contributed by atoms with Crippen molar-refractivity contribution in [3.8, 4) is 0 Å². The molecule has 5 aliphatic rings. The molecule has 26 heteroatoms. The zero-order chi connectivity index (χ0) is 67.0. The van der Waals surface area contributed by atoms with Crippen LogP contribution in [0.3, 0.4) is 0 Å². The smallest absolute Gasteiger partial charge is 0.384 e. The van der Waals surface area contributed by atoms with Gasteiger partial charge in [-0.05, 0) is 140 Å². The van der Waals surface area contributed by atoms with Crippen LogP contribution in [0, 0.1) is 5.41 Å². The first-order chi connectivity index (χ1) is 44.8. The summed E-state index contributed by atoms with van der Waals surface area (Å²) in [7, 11) is -11.1. The number of thioether (sulfide) groups is 1. The van der Waals surface area contributed by atoms with Crippen LogP contribution < -0.4 is 25.6 Å². The standard InChI is InChI=1S/C68H79ClF3N9O10S3/c1-67(2)31-29-54(46-17-21-49(69)22-18-46)48(43-67)44-78-36-38-79(39-37-78)51-23-19-47(20-24-51)63(84)76-94(90,91)53-25-26-56(59(42-53)93(88,89)68(70,71)72)74-50(45-92-52-12-7-6-8-13-52)30-33-77-34-40-80(41-35-77)61(83)16-9-4-3-5-10-32-73-57-15-11-14-55-62(57)66(87)81(65(55)86)58-27-28-60(82)75-64(58)85/h6-8,11-15,17-26,42,50,58,73-74H,3-5,9-10,16,27-41,43-45H2,1-2H3,(H,76,84)(H,75,82,85)/t50-,58?/m1/s1. The van der Waals surface area contributed by atoms with E-state index < -0.39 is 82.5 Å². The molecule has 19 nitrogen and oxygen atoms in total. The summed E-state index contributed by atoms with van der Waals surface area (Å²) in [5.74, 6) is -3.02. The lowest BCUT2D eigenvalue weighted by atomic mass is 9.73. The molecule has 4 aliphatic heterocycles. The zero-order valence-electron chi connectivity index (χ0n) is 52.7. The van der Waals surface area contributed by atoms with Crippen molar-refractivity contribution < 1.29 is 58.8 Å². The summed E-state index contributed by atoms with van der Waals surface area (Å²) in [5.41, 5.74) is -0.393. The van der Waals surface area contributed by atoms with Crippen LogP contribution in [-0.2, 0) is 34.2 Å². The highest BCUT2D eigenvalue weighted by Gasteiger charge is 2.49. The third-order valence-electron chi connectivity index (χ3n) is 18.2. The van der Waals surface area contributed by atoms with Gasteiger partial charge >= 0.3 is 5.51 Å². The van der Waals surface area contributed by atoms with Crippen LogP contribution >= 0.6 is 23.4 Å². The summed E-state index contributed by atoms with van der Waals surface area (Å²) in [6, 6.07) is 29.2. The van der Waals surface area contributed by atoms with Gasteiger partial charge in [-0.25, -0.2) is 21.6 Å².